The highest BCUT2D eigenvalue weighted by Gasteiger charge is 2.15. The SMILES string of the molecule is CCC[C@H](C)c1cc(OC)c(OC)c(OC)c1. The van der Waals surface area contributed by atoms with Gasteiger partial charge in [-0.05, 0) is 30.0 Å². The number of hydrogen-bond donors (Lipinski definition) is 0. The van der Waals surface area contributed by atoms with E-state index in [-0.39, 0.29) is 0 Å². The Balaban J connectivity index is 3.17. The van der Waals surface area contributed by atoms with Crippen LogP contribution >= 0.6 is 0 Å². The average molecular weight is 238 g/mol. The highest BCUT2D eigenvalue weighted by Crippen LogP contribution is 2.40. The molecule has 0 spiro atoms. The van der Waals surface area contributed by atoms with Gasteiger partial charge in [0.1, 0.15) is 0 Å². The number of hydrogen-bond acceptors (Lipinski definition) is 3. The first kappa shape index (κ1) is 13.7. The van der Waals surface area contributed by atoms with Gasteiger partial charge < -0.3 is 14.2 Å². The molecule has 1 aromatic rings. The Morgan fingerprint density at radius 3 is 1.88 bits per heavy atom. The summed E-state index contributed by atoms with van der Waals surface area (Å²) in [7, 11) is 4.91. The normalized spacial score (nSPS) is 12.1. The molecule has 0 amide bonds. The molecule has 0 radical (unpaired) electrons. The molecule has 3 heteroatoms. The molecule has 1 rings (SSSR count). The lowest BCUT2D eigenvalue weighted by atomic mass is 9.96. The molecule has 1 atom stereocenters. The van der Waals surface area contributed by atoms with Crippen LogP contribution in [0.4, 0.5) is 0 Å². The van der Waals surface area contributed by atoms with Crippen molar-refractivity contribution in [1.82, 2.24) is 0 Å². The van der Waals surface area contributed by atoms with Crippen LogP contribution in [0.5, 0.6) is 17.2 Å². The molecule has 17 heavy (non-hydrogen) atoms. The fourth-order valence-electron chi connectivity index (χ4n) is 1.99. The summed E-state index contributed by atoms with van der Waals surface area (Å²) in [4.78, 5) is 0. The molecular weight excluding hydrogens is 216 g/mol. The van der Waals surface area contributed by atoms with Crippen molar-refractivity contribution < 1.29 is 14.2 Å². The second-order valence-electron chi connectivity index (χ2n) is 4.15. The third-order valence-electron chi connectivity index (χ3n) is 2.98. The van der Waals surface area contributed by atoms with Crippen molar-refractivity contribution >= 4 is 0 Å². The van der Waals surface area contributed by atoms with Gasteiger partial charge in [-0.1, -0.05) is 20.3 Å². The Hall–Kier alpha value is -1.38. The smallest absolute Gasteiger partial charge is 0.203 e. The van der Waals surface area contributed by atoms with Gasteiger partial charge in [0.05, 0.1) is 21.3 Å². The van der Waals surface area contributed by atoms with E-state index >= 15 is 0 Å². The van der Waals surface area contributed by atoms with E-state index in [2.05, 4.69) is 13.8 Å². The Morgan fingerprint density at radius 1 is 1.00 bits per heavy atom. The second kappa shape index (κ2) is 6.38. The zero-order valence-corrected chi connectivity index (χ0v) is 11.4. The van der Waals surface area contributed by atoms with Crippen molar-refractivity contribution in [2.75, 3.05) is 21.3 Å². The number of benzene rings is 1. The molecule has 0 aliphatic heterocycles. The summed E-state index contributed by atoms with van der Waals surface area (Å²) in [6, 6.07) is 4.06. The largest absolute Gasteiger partial charge is 0.493 e. The molecule has 0 aromatic heterocycles. The minimum atomic E-state index is 0.494. The van der Waals surface area contributed by atoms with Crippen LogP contribution in [-0.2, 0) is 0 Å². The van der Waals surface area contributed by atoms with Gasteiger partial charge in [-0.15, -0.1) is 0 Å². The van der Waals surface area contributed by atoms with Gasteiger partial charge in [-0.25, -0.2) is 0 Å². The molecule has 0 saturated heterocycles. The predicted molar refractivity (Wildman–Crippen MR) is 69.4 cm³/mol. The summed E-state index contributed by atoms with van der Waals surface area (Å²) in [6.07, 6.45) is 2.32. The Morgan fingerprint density at radius 2 is 1.53 bits per heavy atom. The van der Waals surface area contributed by atoms with Crippen LogP contribution < -0.4 is 14.2 Å². The minimum absolute atomic E-state index is 0.494. The number of methoxy groups -OCH3 is 3. The van der Waals surface area contributed by atoms with Gasteiger partial charge in [0.15, 0.2) is 11.5 Å². The van der Waals surface area contributed by atoms with E-state index in [1.165, 1.54) is 5.56 Å². The van der Waals surface area contributed by atoms with Crippen molar-refractivity contribution in [3.8, 4) is 17.2 Å². The maximum Gasteiger partial charge on any atom is 0.203 e. The van der Waals surface area contributed by atoms with Gasteiger partial charge in [0.25, 0.3) is 0 Å². The summed E-state index contributed by atoms with van der Waals surface area (Å²) >= 11 is 0. The second-order valence-corrected chi connectivity index (χ2v) is 4.15. The summed E-state index contributed by atoms with van der Waals surface area (Å²) in [5.41, 5.74) is 1.22. The zero-order valence-electron chi connectivity index (χ0n) is 11.4. The van der Waals surface area contributed by atoms with E-state index in [1.807, 2.05) is 12.1 Å². The first-order valence-electron chi connectivity index (χ1n) is 5.97. The molecule has 0 unspecified atom stereocenters. The standard InChI is InChI=1S/C14H22O3/c1-6-7-10(2)11-8-12(15-3)14(17-5)13(9-11)16-4/h8-10H,6-7H2,1-5H3/t10-/m0/s1. The van der Waals surface area contributed by atoms with Gasteiger partial charge in [-0.2, -0.15) is 0 Å². The zero-order chi connectivity index (χ0) is 12.8. The first-order valence-corrected chi connectivity index (χ1v) is 5.97. The van der Waals surface area contributed by atoms with E-state index in [0.717, 1.165) is 24.3 Å². The van der Waals surface area contributed by atoms with Crippen molar-refractivity contribution in [3.05, 3.63) is 17.7 Å². The van der Waals surface area contributed by atoms with Crippen LogP contribution in [-0.4, -0.2) is 21.3 Å². The Bertz CT molecular complexity index is 335. The third kappa shape index (κ3) is 3.05. The quantitative estimate of drug-likeness (QED) is 0.757. The first-order chi connectivity index (χ1) is 8.17. The maximum absolute atomic E-state index is 5.34. The molecule has 1 aromatic carbocycles. The topological polar surface area (TPSA) is 27.7 Å². The minimum Gasteiger partial charge on any atom is -0.493 e. The summed E-state index contributed by atoms with van der Waals surface area (Å²) < 4.78 is 16.0. The molecule has 0 heterocycles. The molecule has 0 aliphatic rings. The van der Waals surface area contributed by atoms with Gasteiger partial charge in [-0.3, -0.25) is 0 Å². The highest BCUT2D eigenvalue weighted by molar-refractivity contribution is 5.54. The molecule has 0 bridgehead atoms. The Kier molecular flexibility index (Phi) is 5.13. The molecule has 0 N–H and O–H groups in total. The highest BCUT2D eigenvalue weighted by atomic mass is 16.5. The average Bonchev–Trinajstić information content (AvgIpc) is 2.37. The fraction of sp³-hybridized carbons (Fsp3) is 0.571. The van der Waals surface area contributed by atoms with Gasteiger partial charge in [0, 0.05) is 0 Å². The van der Waals surface area contributed by atoms with E-state index in [4.69, 9.17) is 14.2 Å². The molecule has 0 saturated carbocycles. The monoisotopic (exact) mass is 238 g/mol. The summed E-state index contributed by atoms with van der Waals surface area (Å²) in [5, 5.41) is 0. The van der Waals surface area contributed by atoms with Crippen molar-refractivity contribution in [3.63, 3.8) is 0 Å². The number of ether oxygens (including phenoxy) is 3. The molecular formula is C14H22O3. The van der Waals surface area contributed by atoms with Crippen LogP contribution in [0.15, 0.2) is 12.1 Å². The maximum atomic E-state index is 5.34. The number of rotatable bonds is 6. The van der Waals surface area contributed by atoms with E-state index < -0.39 is 0 Å². The molecule has 0 aliphatic carbocycles. The van der Waals surface area contributed by atoms with Crippen molar-refractivity contribution in [2.24, 2.45) is 0 Å². The van der Waals surface area contributed by atoms with Crippen LogP contribution in [0.3, 0.4) is 0 Å². The van der Waals surface area contributed by atoms with Crippen molar-refractivity contribution in [1.29, 1.82) is 0 Å². The third-order valence-corrected chi connectivity index (χ3v) is 2.98. The summed E-state index contributed by atoms with van der Waals surface area (Å²) in [5.74, 6) is 2.60. The fourth-order valence-corrected chi connectivity index (χ4v) is 1.99. The van der Waals surface area contributed by atoms with Crippen LogP contribution in [0.2, 0.25) is 0 Å². The van der Waals surface area contributed by atoms with Crippen LogP contribution in [0, 0.1) is 0 Å². The van der Waals surface area contributed by atoms with E-state index in [0.29, 0.717) is 11.7 Å². The summed E-state index contributed by atoms with van der Waals surface area (Å²) in [6.45, 7) is 4.40. The lowest BCUT2D eigenvalue weighted by molar-refractivity contribution is 0.323. The van der Waals surface area contributed by atoms with E-state index in [1.54, 1.807) is 21.3 Å². The Labute approximate surface area is 104 Å². The predicted octanol–water partition coefficient (Wildman–Crippen LogP) is 3.62. The van der Waals surface area contributed by atoms with Crippen LogP contribution in [0.1, 0.15) is 38.2 Å². The molecule has 0 fully saturated rings. The van der Waals surface area contributed by atoms with E-state index in [9.17, 15) is 0 Å². The lowest BCUT2D eigenvalue weighted by Gasteiger charge is -2.17. The van der Waals surface area contributed by atoms with Crippen molar-refractivity contribution in [2.45, 2.75) is 32.6 Å². The van der Waals surface area contributed by atoms with Crippen LogP contribution in [0.25, 0.3) is 0 Å². The molecule has 3 nitrogen and oxygen atoms in total. The lowest BCUT2D eigenvalue weighted by Crippen LogP contribution is -1.99. The molecule has 96 valence electrons. The van der Waals surface area contributed by atoms with Gasteiger partial charge >= 0.3 is 0 Å². The van der Waals surface area contributed by atoms with Gasteiger partial charge in [0.2, 0.25) is 5.75 Å².